The summed E-state index contributed by atoms with van der Waals surface area (Å²) in [7, 11) is 0. The molecule has 9 heteroatoms. The molecule has 0 unspecified atom stereocenters. The van der Waals surface area contributed by atoms with Crippen molar-refractivity contribution in [1.82, 2.24) is 0 Å². The molecule has 0 saturated carbocycles. The Morgan fingerprint density at radius 2 is 1.42 bits per heavy atom. The van der Waals surface area contributed by atoms with E-state index in [9.17, 15) is 26.3 Å². The lowest BCUT2D eigenvalue weighted by Crippen LogP contribution is -2.16. The Balaban J connectivity index is 2.26. The lowest BCUT2D eigenvalue weighted by atomic mass is 10.1. The third-order valence-electron chi connectivity index (χ3n) is 2.71. The molecule has 0 saturated heterocycles. The number of hydrogen-bond donors (Lipinski definition) is 0. The summed E-state index contributed by atoms with van der Waals surface area (Å²) in [5, 5.41) is 8.91. The predicted octanol–water partition coefficient (Wildman–Crippen LogP) is 5.27. The van der Waals surface area contributed by atoms with Gasteiger partial charge < -0.3 is 9.47 Å². The van der Waals surface area contributed by atoms with E-state index in [0.717, 1.165) is 36.4 Å². The second-order valence-electron chi connectivity index (χ2n) is 4.44. The van der Waals surface area contributed by atoms with Gasteiger partial charge in [0, 0.05) is 0 Å². The molecular weight excluding hydrogens is 340 g/mol. The summed E-state index contributed by atoms with van der Waals surface area (Å²) in [5.74, 6) is -0.934. The van der Waals surface area contributed by atoms with Gasteiger partial charge in [0.25, 0.3) is 0 Å². The van der Waals surface area contributed by atoms with Gasteiger partial charge >= 0.3 is 12.5 Å². The number of alkyl halides is 6. The maximum atomic E-state index is 12.7. The van der Waals surface area contributed by atoms with Crippen LogP contribution in [0.15, 0.2) is 42.5 Å². The zero-order chi connectivity index (χ0) is 18.0. The van der Waals surface area contributed by atoms with Gasteiger partial charge in [-0.05, 0) is 42.5 Å². The molecule has 0 amide bonds. The first-order valence-electron chi connectivity index (χ1n) is 6.23. The van der Waals surface area contributed by atoms with E-state index in [-0.39, 0.29) is 17.1 Å². The number of nitriles is 1. The summed E-state index contributed by atoms with van der Waals surface area (Å²) in [6.07, 6.45) is -9.49. The van der Waals surface area contributed by atoms with Crippen LogP contribution < -0.4 is 9.47 Å². The van der Waals surface area contributed by atoms with Crippen molar-refractivity contribution in [2.45, 2.75) is 12.5 Å². The molecule has 2 aromatic carbocycles. The zero-order valence-electron chi connectivity index (χ0n) is 11.6. The highest BCUT2D eigenvalue weighted by molar-refractivity contribution is 5.48. The van der Waals surface area contributed by atoms with E-state index in [2.05, 4.69) is 4.74 Å². The van der Waals surface area contributed by atoms with E-state index in [1.165, 1.54) is 0 Å². The summed E-state index contributed by atoms with van der Waals surface area (Å²) >= 11 is 0. The van der Waals surface area contributed by atoms with E-state index in [1.54, 1.807) is 6.07 Å². The molecule has 0 aliphatic carbocycles. The van der Waals surface area contributed by atoms with Crippen molar-refractivity contribution in [3.63, 3.8) is 0 Å². The molecule has 2 aromatic rings. The Bertz CT molecular complexity index is 760. The average molecular weight is 347 g/mol. The Kier molecular flexibility index (Phi) is 4.59. The Morgan fingerprint density at radius 1 is 0.833 bits per heavy atom. The number of hydrogen-bond acceptors (Lipinski definition) is 3. The van der Waals surface area contributed by atoms with Crippen LogP contribution in [-0.4, -0.2) is 6.36 Å². The van der Waals surface area contributed by atoms with E-state index >= 15 is 0 Å². The van der Waals surface area contributed by atoms with Gasteiger partial charge in [0.15, 0.2) is 0 Å². The third-order valence-corrected chi connectivity index (χ3v) is 2.71. The fourth-order valence-electron chi connectivity index (χ4n) is 1.71. The standard InChI is InChI=1S/C15H7F6NO2/c16-14(17,18)10-2-1-9(8-22)13(7-10)23-11-3-5-12(6-4-11)24-15(19,20)21/h1-7H. The molecule has 2 rings (SSSR count). The zero-order valence-corrected chi connectivity index (χ0v) is 11.6. The minimum atomic E-state index is -4.86. The van der Waals surface area contributed by atoms with Crippen molar-refractivity contribution in [3.05, 3.63) is 53.6 Å². The highest BCUT2D eigenvalue weighted by atomic mass is 19.4. The second-order valence-corrected chi connectivity index (χ2v) is 4.44. The van der Waals surface area contributed by atoms with Crippen LogP contribution in [0.5, 0.6) is 17.2 Å². The van der Waals surface area contributed by atoms with Crippen LogP contribution in [0.3, 0.4) is 0 Å². The van der Waals surface area contributed by atoms with Crippen molar-refractivity contribution in [2.75, 3.05) is 0 Å². The SMILES string of the molecule is N#Cc1ccc(C(F)(F)F)cc1Oc1ccc(OC(F)(F)F)cc1. The van der Waals surface area contributed by atoms with E-state index in [0.29, 0.717) is 6.07 Å². The Hall–Kier alpha value is -2.89. The summed E-state index contributed by atoms with van der Waals surface area (Å²) in [5.41, 5.74) is -1.17. The Morgan fingerprint density at radius 3 is 1.92 bits per heavy atom. The van der Waals surface area contributed by atoms with Crippen LogP contribution >= 0.6 is 0 Å². The quantitative estimate of drug-likeness (QED) is 0.711. The molecule has 0 aliphatic heterocycles. The van der Waals surface area contributed by atoms with Gasteiger partial charge in [0.1, 0.15) is 23.3 Å². The first-order valence-corrected chi connectivity index (χ1v) is 6.23. The minimum absolute atomic E-state index is 0.0552. The monoisotopic (exact) mass is 347 g/mol. The molecule has 0 aromatic heterocycles. The molecule has 0 radical (unpaired) electrons. The fourth-order valence-corrected chi connectivity index (χ4v) is 1.71. The highest BCUT2D eigenvalue weighted by Crippen LogP contribution is 2.35. The van der Waals surface area contributed by atoms with Crippen molar-refractivity contribution < 1.29 is 35.8 Å². The summed E-state index contributed by atoms with van der Waals surface area (Å²) in [6, 6.07) is 7.99. The van der Waals surface area contributed by atoms with Crippen LogP contribution in [-0.2, 0) is 6.18 Å². The van der Waals surface area contributed by atoms with Gasteiger partial charge in [0.2, 0.25) is 0 Å². The first-order chi connectivity index (χ1) is 11.1. The smallest absolute Gasteiger partial charge is 0.456 e. The lowest BCUT2D eigenvalue weighted by molar-refractivity contribution is -0.274. The van der Waals surface area contributed by atoms with Gasteiger partial charge in [-0.2, -0.15) is 18.4 Å². The van der Waals surface area contributed by atoms with Crippen LogP contribution in [0.1, 0.15) is 11.1 Å². The number of benzene rings is 2. The van der Waals surface area contributed by atoms with Gasteiger partial charge in [-0.25, -0.2) is 0 Å². The molecule has 0 fully saturated rings. The van der Waals surface area contributed by atoms with E-state index in [4.69, 9.17) is 10.00 Å². The largest absolute Gasteiger partial charge is 0.573 e. The molecule has 24 heavy (non-hydrogen) atoms. The molecule has 0 atom stereocenters. The van der Waals surface area contributed by atoms with Crippen LogP contribution in [0.25, 0.3) is 0 Å². The van der Waals surface area contributed by atoms with Gasteiger partial charge in [-0.3, -0.25) is 0 Å². The predicted molar refractivity (Wildman–Crippen MR) is 69.4 cm³/mol. The summed E-state index contributed by atoms with van der Waals surface area (Å²) in [6.45, 7) is 0. The summed E-state index contributed by atoms with van der Waals surface area (Å²) in [4.78, 5) is 0. The van der Waals surface area contributed by atoms with Crippen molar-refractivity contribution in [2.24, 2.45) is 0 Å². The average Bonchev–Trinajstić information content (AvgIpc) is 2.47. The summed E-state index contributed by atoms with van der Waals surface area (Å²) < 4.78 is 83.0. The van der Waals surface area contributed by atoms with Crippen LogP contribution in [0, 0.1) is 11.3 Å². The molecule has 0 bridgehead atoms. The molecule has 0 spiro atoms. The third kappa shape index (κ3) is 4.55. The number of rotatable bonds is 3. The molecule has 3 nitrogen and oxygen atoms in total. The highest BCUT2D eigenvalue weighted by Gasteiger charge is 2.32. The normalized spacial score (nSPS) is 11.7. The molecule has 0 aliphatic rings. The second kappa shape index (κ2) is 6.31. The maximum absolute atomic E-state index is 12.7. The maximum Gasteiger partial charge on any atom is 0.573 e. The Labute approximate surface area is 131 Å². The van der Waals surface area contributed by atoms with Crippen LogP contribution in [0.2, 0.25) is 0 Å². The minimum Gasteiger partial charge on any atom is -0.456 e. The van der Waals surface area contributed by atoms with Crippen molar-refractivity contribution >= 4 is 0 Å². The lowest BCUT2D eigenvalue weighted by Gasteiger charge is -2.12. The number of ether oxygens (including phenoxy) is 2. The molecule has 0 heterocycles. The van der Waals surface area contributed by atoms with Crippen molar-refractivity contribution in [3.8, 4) is 23.3 Å². The molecule has 0 N–H and O–H groups in total. The molecule has 126 valence electrons. The van der Waals surface area contributed by atoms with Gasteiger partial charge in [-0.15, -0.1) is 13.2 Å². The van der Waals surface area contributed by atoms with Gasteiger partial charge in [0.05, 0.1) is 11.1 Å². The number of nitrogens with zero attached hydrogens (tertiary/aromatic N) is 1. The van der Waals surface area contributed by atoms with Gasteiger partial charge in [-0.1, -0.05) is 0 Å². The van der Waals surface area contributed by atoms with Crippen LogP contribution in [0.4, 0.5) is 26.3 Å². The van der Waals surface area contributed by atoms with E-state index in [1.807, 2.05) is 0 Å². The first kappa shape index (κ1) is 17.5. The topological polar surface area (TPSA) is 42.2 Å². The van der Waals surface area contributed by atoms with Crippen molar-refractivity contribution in [1.29, 1.82) is 5.26 Å². The fraction of sp³-hybridized carbons (Fsp3) is 0.133. The van der Waals surface area contributed by atoms with E-state index < -0.39 is 23.9 Å². The number of halogens is 6. The molecular formula is C15H7F6NO2.